The molecule has 3 atom stereocenters. The second kappa shape index (κ2) is 5.02. The first-order valence-electron chi connectivity index (χ1n) is 6.31. The van der Waals surface area contributed by atoms with Crippen LogP contribution >= 0.6 is 22.6 Å². The van der Waals surface area contributed by atoms with E-state index in [9.17, 15) is 0 Å². The van der Waals surface area contributed by atoms with Crippen LogP contribution in [0.25, 0.3) is 0 Å². The lowest BCUT2D eigenvalue weighted by Gasteiger charge is -2.12. The van der Waals surface area contributed by atoms with E-state index in [0.29, 0.717) is 11.8 Å². The molecule has 3 rings (SSSR count). The molecule has 0 radical (unpaired) electrons. The van der Waals surface area contributed by atoms with Gasteiger partial charge < -0.3 is 5.73 Å². The third-order valence-electron chi connectivity index (χ3n) is 3.76. The number of halogens is 1. The van der Waals surface area contributed by atoms with Gasteiger partial charge in [-0.05, 0) is 64.1 Å². The highest BCUT2D eigenvalue weighted by molar-refractivity contribution is 14.1. The highest BCUT2D eigenvalue weighted by atomic mass is 127. The summed E-state index contributed by atoms with van der Waals surface area (Å²) in [7, 11) is 0. The molecule has 2 aromatic rings. The third kappa shape index (κ3) is 2.45. The summed E-state index contributed by atoms with van der Waals surface area (Å²) in [5, 5.41) is 0. The van der Waals surface area contributed by atoms with Crippen molar-refractivity contribution in [3.8, 4) is 0 Å². The molecule has 0 spiro atoms. The Labute approximate surface area is 122 Å². The van der Waals surface area contributed by atoms with Crippen molar-refractivity contribution in [3.63, 3.8) is 0 Å². The normalized spacial score (nSPS) is 23.7. The van der Waals surface area contributed by atoms with Gasteiger partial charge >= 0.3 is 0 Å². The number of rotatable bonds is 3. The number of hydrogen-bond donors (Lipinski definition) is 1. The van der Waals surface area contributed by atoms with Crippen LogP contribution in [0.15, 0.2) is 54.6 Å². The topological polar surface area (TPSA) is 26.0 Å². The molecule has 92 valence electrons. The molecule has 1 aliphatic carbocycles. The van der Waals surface area contributed by atoms with Crippen LogP contribution in [-0.2, 0) is 0 Å². The molecule has 0 heterocycles. The van der Waals surface area contributed by atoms with Crippen molar-refractivity contribution in [2.24, 2.45) is 11.7 Å². The van der Waals surface area contributed by atoms with E-state index in [4.69, 9.17) is 5.73 Å². The van der Waals surface area contributed by atoms with Gasteiger partial charge in [0.2, 0.25) is 0 Å². The van der Waals surface area contributed by atoms with Crippen molar-refractivity contribution in [1.82, 2.24) is 0 Å². The van der Waals surface area contributed by atoms with Crippen molar-refractivity contribution < 1.29 is 0 Å². The molecule has 0 amide bonds. The van der Waals surface area contributed by atoms with Gasteiger partial charge in [0.05, 0.1) is 0 Å². The number of nitrogens with two attached hydrogens (primary N) is 1. The summed E-state index contributed by atoms with van der Waals surface area (Å²) in [6, 6.07) is 19.4. The summed E-state index contributed by atoms with van der Waals surface area (Å²) < 4.78 is 1.26. The minimum Gasteiger partial charge on any atom is -0.324 e. The molecule has 18 heavy (non-hydrogen) atoms. The van der Waals surface area contributed by atoms with E-state index in [1.165, 1.54) is 21.1 Å². The summed E-state index contributed by atoms with van der Waals surface area (Å²) in [5.41, 5.74) is 9.10. The van der Waals surface area contributed by atoms with Gasteiger partial charge in [-0.2, -0.15) is 0 Å². The summed E-state index contributed by atoms with van der Waals surface area (Å²) in [6.07, 6.45) is 1.22. The summed E-state index contributed by atoms with van der Waals surface area (Å²) in [6.45, 7) is 0. The average molecular weight is 349 g/mol. The minimum atomic E-state index is 0.171. The molecular formula is C16H16IN. The Kier molecular flexibility index (Phi) is 3.39. The zero-order chi connectivity index (χ0) is 12.5. The van der Waals surface area contributed by atoms with E-state index >= 15 is 0 Å². The van der Waals surface area contributed by atoms with Crippen molar-refractivity contribution >= 4 is 22.6 Å². The van der Waals surface area contributed by atoms with Gasteiger partial charge in [-0.15, -0.1) is 0 Å². The lowest BCUT2D eigenvalue weighted by Crippen LogP contribution is -2.13. The summed E-state index contributed by atoms with van der Waals surface area (Å²) >= 11 is 2.34. The standard InChI is InChI=1S/C16H16IN/c17-13-8-4-7-12(9-13)16(18)15-10-14(15)11-5-2-1-3-6-11/h1-9,14-16H,10,18H2. The Morgan fingerprint density at radius 2 is 1.83 bits per heavy atom. The molecule has 1 nitrogen and oxygen atoms in total. The predicted octanol–water partition coefficient (Wildman–Crippen LogP) is 4.09. The first-order chi connectivity index (χ1) is 8.75. The Morgan fingerprint density at radius 1 is 1.06 bits per heavy atom. The van der Waals surface area contributed by atoms with Crippen LogP contribution in [0.4, 0.5) is 0 Å². The Morgan fingerprint density at radius 3 is 2.56 bits per heavy atom. The van der Waals surface area contributed by atoms with Crippen LogP contribution in [0, 0.1) is 9.49 Å². The first kappa shape index (κ1) is 12.2. The van der Waals surface area contributed by atoms with Crippen LogP contribution < -0.4 is 5.73 Å². The van der Waals surface area contributed by atoms with E-state index in [-0.39, 0.29) is 6.04 Å². The maximum absolute atomic E-state index is 6.39. The lowest BCUT2D eigenvalue weighted by atomic mass is 10.00. The minimum absolute atomic E-state index is 0.171. The van der Waals surface area contributed by atoms with Gasteiger partial charge in [0, 0.05) is 9.61 Å². The molecule has 0 aromatic heterocycles. The molecule has 1 fully saturated rings. The molecule has 2 aromatic carbocycles. The fourth-order valence-electron chi connectivity index (χ4n) is 2.66. The van der Waals surface area contributed by atoms with Crippen molar-refractivity contribution in [3.05, 3.63) is 69.3 Å². The second-order valence-electron chi connectivity index (χ2n) is 5.00. The van der Waals surface area contributed by atoms with Gasteiger partial charge in [0.25, 0.3) is 0 Å². The monoisotopic (exact) mass is 349 g/mol. The zero-order valence-corrected chi connectivity index (χ0v) is 12.2. The molecule has 1 aliphatic rings. The van der Waals surface area contributed by atoms with Gasteiger partial charge in [-0.3, -0.25) is 0 Å². The smallest absolute Gasteiger partial charge is 0.0329 e. The van der Waals surface area contributed by atoms with E-state index in [2.05, 4.69) is 77.2 Å². The maximum Gasteiger partial charge on any atom is 0.0329 e. The summed E-state index contributed by atoms with van der Waals surface area (Å²) in [4.78, 5) is 0. The Balaban J connectivity index is 1.75. The molecule has 0 saturated heterocycles. The molecule has 3 unspecified atom stereocenters. The molecule has 2 N–H and O–H groups in total. The molecular weight excluding hydrogens is 333 g/mol. The van der Waals surface area contributed by atoms with Crippen LogP contribution in [0.5, 0.6) is 0 Å². The van der Waals surface area contributed by atoms with Gasteiger partial charge in [0.15, 0.2) is 0 Å². The SMILES string of the molecule is NC(c1cccc(I)c1)C1CC1c1ccccc1. The quantitative estimate of drug-likeness (QED) is 0.830. The fraction of sp³-hybridized carbons (Fsp3) is 0.250. The lowest BCUT2D eigenvalue weighted by molar-refractivity contribution is 0.615. The predicted molar refractivity (Wildman–Crippen MR) is 83.4 cm³/mol. The van der Waals surface area contributed by atoms with Crippen LogP contribution in [0.2, 0.25) is 0 Å². The highest BCUT2D eigenvalue weighted by Gasteiger charge is 2.42. The average Bonchev–Trinajstić information content (AvgIpc) is 3.19. The molecule has 2 heteroatoms. The van der Waals surface area contributed by atoms with Crippen molar-refractivity contribution in [1.29, 1.82) is 0 Å². The molecule has 0 bridgehead atoms. The van der Waals surface area contributed by atoms with Crippen LogP contribution in [0.3, 0.4) is 0 Å². The van der Waals surface area contributed by atoms with Gasteiger partial charge in [-0.1, -0.05) is 42.5 Å². The van der Waals surface area contributed by atoms with Gasteiger partial charge in [0.1, 0.15) is 0 Å². The fourth-order valence-corrected chi connectivity index (χ4v) is 3.22. The first-order valence-corrected chi connectivity index (χ1v) is 7.39. The van der Waals surface area contributed by atoms with E-state index < -0.39 is 0 Å². The third-order valence-corrected chi connectivity index (χ3v) is 4.43. The summed E-state index contributed by atoms with van der Waals surface area (Å²) in [5.74, 6) is 1.25. The molecule has 1 saturated carbocycles. The Bertz CT molecular complexity index is 538. The van der Waals surface area contributed by atoms with Crippen molar-refractivity contribution in [2.45, 2.75) is 18.4 Å². The number of hydrogen-bond acceptors (Lipinski definition) is 1. The van der Waals surface area contributed by atoms with Gasteiger partial charge in [-0.25, -0.2) is 0 Å². The Hall–Kier alpha value is -0.870. The second-order valence-corrected chi connectivity index (χ2v) is 6.24. The van der Waals surface area contributed by atoms with E-state index in [0.717, 1.165) is 0 Å². The van der Waals surface area contributed by atoms with E-state index in [1.54, 1.807) is 0 Å². The van der Waals surface area contributed by atoms with E-state index in [1.807, 2.05) is 0 Å². The zero-order valence-electron chi connectivity index (χ0n) is 10.1. The van der Waals surface area contributed by atoms with Crippen LogP contribution in [-0.4, -0.2) is 0 Å². The molecule has 0 aliphatic heterocycles. The number of benzene rings is 2. The largest absolute Gasteiger partial charge is 0.324 e. The maximum atomic E-state index is 6.39. The highest BCUT2D eigenvalue weighted by Crippen LogP contribution is 2.53. The van der Waals surface area contributed by atoms with Crippen molar-refractivity contribution in [2.75, 3.05) is 0 Å². The van der Waals surface area contributed by atoms with Crippen LogP contribution in [0.1, 0.15) is 29.5 Å².